The number of aryl methyl sites for hydroxylation is 1. The summed E-state index contributed by atoms with van der Waals surface area (Å²) in [5, 5.41) is 0. The average Bonchev–Trinajstić information content (AvgIpc) is 2.24. The molecule has 0 radical (unpaired) electrons. The van der Waals surface area contributed by atoms with Gasteiger partial charge in [-0.15, -0.1) is 0 Å². The van der Waals surface area contributed by atoms with Gasteiger partial charge in [0.1, 0.15) is 0 Å². The van der Waals surface area contributed by atoms with Crippen LogP contribution in [0, 0.1) is 0 Å². The van der Waals surface area contributed by atoms with Crippen molar-refractivity contribution >= 4 is 0 Å². The third kappa shape index (κ3) is 3.42. The molecular formula is C12H19NO2. The van der Waals surface area contributed by atoms with E-state index in [1.54, 1.807) is 10.6 Å². The van der Waals surface area contributed by atoms with Crippen molar-refractivity contribution in [2.75, 3.05) is 6.61 Å². The van der Waals surface area contributed by atoms with Gasteiger partial charge in [0, 0.05) is 12.7 Å². The minimum atomic E-state index is -0.0181. The molecule has 0 aromatic carbocycles. The molecule has 3 heteroatoms. The van der Waals surface area contributed by atoms with Gasteiger partial charge in [0.2, 0.25) is 0 Å². The van der Waals surface area contributed by atoms with Crippen molar-refractivity contribution in [1.29, 1.82) is 0 Å². The second-order valence-electron chi connectivity index (χ2n) is 3.51. The second kappa shape index (κ2) is 6.27. The third-order valence-electron chi connectivity index (χ3n) is 2.29. The fourth-order valence-corrected chi connectivity index (χ4v) is 1.49. The summed E-state index contributed by atoms with van der Waals surface area (Å²) in [5.74, 6) is 0.455. The van der Waals surface area contributed by atoms with Crippen LogP contribution in [-0.4, -0.2) is 11.2 Å². The van der Waals surface area contributed by atoms with E-state index in [9.17, 15) is 4.79 Å². The predicted molar refractivity (Wildman–Crippen MR) is 61.4 cm³/mol. The van der Waals surface area contributed by atoms with Crippen LogP contribution in [0.25, 0.3) is 0 Å². The van der Waals surface area contributed by atoms with Crippen molar-refractivity contribution in [3.8, 4) is 5.75 Å². The Morgan fingerprint density at radius 1 is 1.33 bits per heavy atom. The van der Waals surface area contributed by atoms with Crippen molar-refractivity contribution in [3.05, 3.63) is 28.7 Å². The maximum absolute atomic E-state index is 11.8. The van der Waals surface area contributed by atoms with Crippen LogP contribution >= 0.6 is 0 Å². The fourth-order valence-electron chi connectivity index (χ4n) is 1.49. The highest BCUT2D eigenvalue weighted by Gasteiger charge is 2.02. The maximum Gasteiger partial charge on any atom is 0.292 e. The van der Waals surface area contributed by atoms with E-state index in [2.05, 4.69) is 6.92 Å². The zero-order chi connectivity index (χ0) is 11.1. The molecule has 0 saturated heterocycles. The summed E-state index contributed by atoms with van der Waals surface area (Å²) in [6.45, 7) is 5.36. The zero-order valence-electron chi connectivity index (χ0n) is 9.53. The van der Waals surface area contributed by atoms with Gasteiger partial charge in [0.25, 0.3) is 5.56 Å². The molecule has 3 nitrogen and oxygen atoms in total. The summed E-state index contributed by atoms with van der Waals surface area (Å²) in [6, 6.07) is 3.58. The minimum Gasteiger partial charge on any atom is -0.488 e. The van der Waals surface area contributed by atoms with E-state index in [1.807, 2.05) is 19.2 Å². The summed E-state index contributed by atoms with van der Waals surface area (Å²) in [5.41, 5.74) is -0.0181. The largest absolute Gasteiger partial charge is 0.488 e. The molecule has 0 atom stereocenters. The van der Waals surface area contributed by atoms with Gasteiger partial charge in [-0.3, -0.25) is 4.79 Å². The quantitative estimate of drug-likeness (QED) is 0.674. The highest BCUT2D eigenvalue weighted by molar-refractivity contribution is 5.17. The standard InChI is InChI=1S/C12H19NO2/c1-3-5-6-9-13-10-7-8-11(12(13)14)15-4-2/h7-8,10H,3-6,9H2,1-2H3. The zero-order valence-corrected chi connectivity index (χ0v) is 9.53. The number of ether oxygens (including phenoxy) is 1. The topological polar surface area (TPSA) is 31.2 Å². The lowest BCUT2D eigenvalue weighted by Gasteiger charge is -2.07. The first-order valence-electron chi connectivity index (χ1n) is 5.61. The number of aromatic nitrogens is 1. The van der Waals surface area contributed by atoms with E-state index in [1.165, 1.54) is 6.42 Å². The normalized spacial score (nSPS) is 10.3. The average molecular weight is 209 g/mol. The molecule has 0 aliphatic heterocycles. The number of nitrogens with zero attached hydrogens (tertiary/aromatic N) is 1. The molecule has 1 aromatic rings. The fraction of sp³-hybridized carbons (Fsp3) is 0.583. The Morgan fingerprint density at radius 3 is 2.80 bits per heavy atom. The van der Waals surface area contributed by atoms with Gasteiger partial charge in [0.15, 0.2) is 5.75 Å². The van der Waals surface area contributed by atoms with Gasteiger partial charge >= 0.3 is 0 Å². The Balaban J connectivity index is 2.71. The van der Waals surface area contributed by atoms with Gasteiger partial charge in [-0.05, 0) is 25.5 Å². The molecule has 0 unspecified atom stereocenters. The van der Waals surface area contributed by atoms with Crippen molar-refractivity contribution in [2.45, 2.75) is 39.7 Å². The molecule has 1 aromatic heterocycles. The predicted octanol–water partition coefficient (Wildman–Crippen LogP) is 2.44. The second-order valence-corrected chi connectivity index (χ2v) is 3.51. The Hall–Kier alpha value is -1.25. The van der Waals surface area contributed by atoms with Crippen molar-refractivity contribution < 1.29 is 4.74 Å². The smallest absolute Gasteiger partial charge is 0.292 e. The van der Waals surface area contributed by atoms with Crippen LogP contribution in [0.3, 0.4) is 0 Å². The molecule has 0 spiro atoms. The third-order valence-corrected chi connectivity index (χ3v) is 2.29. The van der Waals surface area contributed by atoms with Crippen LogP contribution in [0.2, 0.25) is 0 Å². The van der Waals surface area contributed by atoms with Gasteiger partial charge in [-0.2, -0.15) is 0 Å². The first-order valence-corrected chi connectivity index (χ1v) is 5.61. The van der Waals surface area contributed by atoms with Crippen LogP contribution in [0.1, 0.15) is 33.1 Å². The molecule has 0 saturated carbocycles. The van der Waals surface area contributed by atoms with Gasteiger partial charge < -0.3 is 9.30 Å². The van der Waals surface area contributed by atoms with E-state index in [0.29, 0.717) is 12.4 Å². The summed E-state index contributed by atoms with van der Waals surface area (Å²) in [4.78, 5) is 11.8. The molecule has 0 aliphatic carbocycles. The number of unbranched alkanes of at least 4 members (excludes halogenated alkanes) is 2. The molecule has 1 rings (SSSR count). The minimum absolute atomic E-state index is 0.0181. The Kier molecular flexibility index (Phi) is 4.95. The van der Waals surface area contributed by atoms with Crippen molar-refractivity contribution in [3.63, 3.8) is 0 Å². The lowest BCUT2D eigenvalue weighted by atomic mass is 10.2. The molecule has 0 fully saturated rings. The lowest BCUT2D eigenvalue weighted by Crippen LogP contribution is -2.21. The highest BCUT2D eigenvalue weighted by Crippen LogP contribution is 2.03. The molecular weight excluding hydrogens is 190 g/mol. The highest BCUT2D eigenvalue weighted by atomic mass is 16.5. The van der Waals surface area contributed by atoms with Crippen LogP contribution in [0.4, 0.5) is 0 Å². The molecule has 84 valence electrons. The van der Waals surface area contributed by atoms with E-state index >= 15 is 0 Å². The number of pyridine rings is 1. The Labute approximate surface area is 90.7 Å². The number of hydrogen-bond acceptors (Lipinski definition) is 2. The molecule has 0 N–H and O–H groups in total. The molecule has 0 aliphatic rings. The first-order chi connectivity index (χ1) is 7.29. The van der Waals surface area contributed by atoms with Crippen molar-refractivity contribution in [2.24, 2.45) is 0 Å². The van der Waals surface area contributed by atoms with Crippen LogP contribution in [-0.2, 0) is 6.54 Å². The van der Waals surface area contributed by atoms with Gasteiger partial charge in [-0.1, -0.05) is 19.8 Å². The van der Waals surface area contributed by atoms with E-state index < -0.39 is 0 Å². The van der Waals surface area contributed by atoms with E-state index in [0.717, 1.165) is 19.4 Å². The summed E-state index contributed by atoms with van der Waals surface area (Å²) < 4.78 is 6.97. The Bertz CT molecular complexity index is 344. The van der Waals surface area contributed by atoms with Crippen LogP contribution in [0.5, 0.6) is 5.75 Å². The summed E-state index contributed by atoms with van der Waals surface area (Å²) in [6.07, 6.45) is 5.19. The molecule has 0 amide bonds. The van der Waals surface area contributed by atoms with Crippen LogP contribution < -0.4 is 10.3 Å². The van der Waals surface area contributed by atoms with Gasteiger partial charge in [-0.25, -0.2) is 0 Å². The van der Waals surface area contributed by atoms with E-state index in [-0.39, 0.29) is 5.56 Å². The van der Waals surface area contributed by atoms with Gasteiger partial charge in [0.05, 0.1) is 6.61 Å². The number of hydrogen-bond donors (Lipinski definition) is 0. The van der Waals surface area contributed by atoms with E-state index in [4.69, 9.17) is 4.74 Å². The molecule has 0 bridgehead atoms. The maximum atomic E-state index is 11.8. The lowest BCUT2D eigenvalue weighted by molar-refractivity contribution is 0.331. The van der Waals surface area contributed by atoms with Crippen LogP contribution in [0.15, 0.2) is 23.1 Å². The Morgan fingerprint density at radius 2 is 2.13 bits per heavy atom. The number of rotatable bonds is 6. The van der Waals surface area contributed by atoms with Crippen molar-refractivity contribution in [1.82, 2.24) is 4.57 Å². The SMILES string of the molecule is CCCCCn1cccc(OCC)c1=O. The molecule has 1 heterocycles. The monoisotopic (exact) mass is 209 g/mol. The summed E-state index contributed by atoms with van der Waals surface area (Å²) in [7, 11) is 0. The molecule has 15 heavy (non-hydrogen) atoms. The summed E-state index contributed by atoms with van der Waals surface area (Å²) >= 11 is 0. The first kappa shape index (κ1) is 11.8.